The van der Waals surface area contributed by atoms with Crippen molar-refractivity contribution in [3.8, 4) is 0 Å². The van der Waals surface area contributed by atoms with Gasteiger partial charge in [0.05, 0.1) is 5.03 Å². The molecule has 0 radical (unpaired) electrons. The van der Waals surface area contributed by atoms with Crippen molar-refractivity contribution >= 4 is 22.7 Å². The molecule has 3 rings (SSSR count). The summed E-state index contributed by atoms with van der Waals surface area (Å²) in [6.07, 6.45) is 0. The number of aromatic amines is 1. The molecule has 0 spiro atoms. The molecule has 3 aromatic rings. The average Bonchev–Trinajstić information content (AvgIpc) is 2.88. The van der Waals surface area contributed by atoms with Crippen LogP contribution in [0.15, 0.2) is 64.5 Å². The first-order valence-electron chi connectivity index (χ1n) is 7.28. The molecule has 0 saturated heterocycles. The molecule has 21 heavy (non-hydrogen) atoms. The third kappa shape index (κ3) is 3.69. The zero-order valence-electron chi connectivity index (χ0n) is 12.4. The van der Waals surface area contributed by atoms with Gasteiger partial charge in [-0.2, -0.15) is 0 Å². The Morgan fingerprint density at radius 1 is 1.05 bits per heavy atom. The van der Waals surface area contributed by atoms with Gasteiger partial charge in [-0.15, -0.1) is 0 Å². The average molecular weight is 296 g/mol. The summed E-state index contributed by atoms with van der Waals surface area (Å²) in [5, 5.41) is 5.88. The predicted molar refractivity (Wildman–Crippen MR) is 90.8 cm³/mol. The molecule has 2 aromatic carbocycles. The second-order valence-corrected chi connectivity index (χ2v) is 6.62. The molecule has 0 bridgehead atoms. The Morgan fingerprint density at radius 3 is 2.52 bits per heavy atom. The van der Waals surface area contributed by atoms with Gasteiger partial charge in [-0.1, -0.05) is 55.9 Å². The Hall–Kier alpha value is -1.71. The highest BCUT2D eigenvalue weighted by molar-refractivity contribution is 7.99. The van der Waals surface area contributed by atoms with Gasteiger partial charge >= 0.3 is 0 Å². The van der Waals surface area contributed by atoms with E-state index in [1.807, 2.05) is 0 Å². The number of hydrogen-bond acceptors (Lipinski definition) is 2. The summed E-state index contributed by atoms with van der Waals surface area (Å²) in [5.74, 6) is 0. The Labute approximate surface area is 130 Å². The van der Waals surface area contributed by atoms with Crippen LogP contribution < -0.4 is 5.32 Å². The first-order valence-corrected chi connectivity index (χ1v) is 8.10. The number of aromatic nitrogens is 1. The zero-order chi connectivity index (χ0) is 14.7. The summed E-state index contributed by atoms with van der Waals surface area (Å²) in [7, 11) is 0. The van der Waals surface area contributed by atoms with E-state index < -0.39 is 0 Å². The van der Waals surface area contributed by atoms with Crippen molar-refractivity contribution in [1.29, 1.82) is 0 Å². The Morgan fingerprint density at radius 2 is 1.81 bits per heavy atom. The summed E-state index contributed by atoms with van der Waals surface area (Å²) >= 11 is 1.77. The molecule has 0 aliphatic carbocycles. The molecule has 0 amide bonds. The highest BCUT2D eigenvalue weighted by Crippen LogP contribution is 2.29. The molecule has 3 heteroatoms. The van der Waals surface area contributed by atoms with Crippen LogP contribution in [-0.2, 0) is 6.54 Å². The van der Waals surface area contributed by atoms with E-state index in [9.17, 15) is 0 Å². The van der Waals surface area contributed by atoms with Gasteiger partial charge in [0, 0.05) is 28.4 Å². The Balaban J connectivity index is 1.69. The topological polar surface area (TPSA) is 27.8 Å². The number of benzene rings is 2. The fourth-order valence-corrected chi connectivity index (χ4v) is 3.10. The van der Waals surface area contributed by atoms with Gasteiger partial charge in [0.15, 0.2) is 0 Å². The lowest BCUT2D eigenvalue weighted by Gasteiger charge is -2.08. The highest BCUT2D eigenvalue weighted by Gasteiger charge is 2.03. The van der Waals surface area contributed by atoms with Crippen molar-refractivity contribution in [2.24, 2.45) is 0 Å². The SMILES string of the molecule is CC(C)NCc1ccc(Sc2cc3ccccc3[nH]2)cc1. The third-order valence-electron chi connectivity index (χ3n) is 3.37. The lowest BCUT2D eigenvalue weighted by Crippen LogP contribution is -2.21. The molecule has 0 unspecified atom stereocenters. The van der Waals surface area contributed by atoms with E-state index in [1.165, 1.54) is 26.4 Å². The van der Waals surface area contributed by atoms with Gasteiger partial charge in [-0.3, -0.25) is 0 Å². The van der Waals surface area contributed by atoms with Crippen LogP contribution in [0.3, 0.4) is 0 Å². The van der Waals surface area contributed by atoms with E-state index in [-0.39, 0.29) is 0 Å². The minimum atomic E-state index is 0.519. The molecule has 2 N–H and O–H groups in total. The maximum Gasteiger partial charge on any atom is 0.0780 e. The van der Waals surface area contributed by atoms with Crippen molar-refractivity contribution in [3.63, 3.8) is 0 Å². The van der Waals surface area contributed by atoms with Crippen LogP contribution in [0.25, 0.3) is 10.9 Å². The summed E-state index contributed by atoms with van der Waals surface area (Å²) in [5.41, 5.74) is 2.52. The fraction of sp³-hybridized carbons (Fsp3) is 0.222. The predicted octanol–water partition coefficient (Wildman–Crippen LogP) is 4.82. The molecule has 0 fully saturated rings. The number of rotatable bonds is 5. The third-order valence-corrected chi connectivity index (χ3v) is 4.32. The van der Waals surface area contributed by atoms with Crippen molar-refractivity contribution in [3.05, 3.63) is 60.2 Å². The van der Waals surface area contributed by atoms with Crippen molar-refractivity contribution in [2.45, 2.75) is 36.4 Å². The number of nitrogens with one attached hydrogen (secondary N) is 2. The number of hydrogen-bond donors (Lipinski definition) is 2. The maximum absolute atomic E-state index is 3.45. The van der Waals surface area contributed by atoms with Gasteiger partial charge in [0.1, 0.15) is 0 Å². The number of para-hydroxylation sites is 1. The minimum absolute atomic E-state index is 0.519. The second kappa shape index (κ2) is 6.37. The van der Waals surface area contributed by atoms with Gasteiger partial charge in [-0.05, 0) is 29.8 Å². The monoisotopic (exact) mass is 296 g/mol. The molecule has 0 saturated carbocycles. The van der Waals surface area contributed by atoms with Crippen LogP contribution in [0.1, 0.15) is 19.4 Å². The summed E-state index contributed by atoms with van der Waals surface area (Å²) < 4.78 is 0. The molecule has 108 valence electrons. The van der Waals surface area contributed by atoms with Crippen LogP contribution in [0.4, 0.5) is 0 Å². The van der Waals surface area contributed by atoms with Crippen molar-refractivity contribution in [2.75, 3.05) is 0 Å². The van der Waals surface area contributed by atoms with Crippen LogP contribution in [0.2, 0.25) is 0 Å². The standard InChI is InChI=1S/C18H20N2S/c1-13(2)19-12-14-7-9-16(10-8-14)21-18-11-15-5-3-4-6-17(15)20-18/h3-11,13,19-20H,12H2,1-2H3. The normalized spacial score (nSPS) is 11.4. The summed E-state index contributed by atoms with van der Waals surface area (Å²) in [4.78, 5) is 4.71. The van der Waals surface area contributed by atoms with E-state index in [2.05, 4.69) is 78.7 Å². The smallest absolute Gasteiger partial charge is 0.0780 e. The van der Waals surface area contributed by atoms with Crippen molar-refractivity contribution < 1.29 is 0 Å². The fourth-order valence-electron chi connectivity index (χ4n) is 2.23. The lowest BCUT2D eigenvalue weighted by atomic mass is 10.2. The van der Waals surface area contributed by atoms with Crippen LogP contribution >= 0.6 is 11.8 Å². The van der Waals surface area contributed by atoms with Crippen LogP contribution in [0.5, 0.6) is 0 Å². The molecule has 2 nitrogen and oxygen atoms in total. The maximum atomic E-state index is 3.45. The van der Waals surface area contributed by atoms with E-state index in [4.69, 9.17) is 0 Å². The molecule has 0 atom stereocenters. The highest BCUT2D eigenvalue weighted by atomic mass is 32.2. The van der Waals surface area contributed by atoms with E-state index >= 15 is 0 Å². The Kier molecular flexibility index (Phi) is 4.32. The van der Waals surface area contributed by atoms with Crippen molar-refractivity contribution in [1.82, 2.24) is 10.3 Å². The van der Waals surface area contributed by atoms with Gasteiger partial charge in [0.2, 0.25) is 0 Å². The first kappa shape index (κ1) is 14.2. The molecule has 1 heterocycles. The van der Waals surface area contributed by atoms with Crippen LogP contribution in [0, 0.1) is 0 Å². The number of fused-ring (bicyclic) bond motifs is 1. The molecule has 0 aliphatic rings. The molecule has 1 aromatic heterocycles. The quantitative estimate of drug-likeness (QED) is 0.706. The van der Waals surface area contributed by atoms with Gasteiger partial charge in [0.25, 0.3) is 0 Å². The largest absolute Gasteiger partial charge is 0.349 e. The van der Waals surface area contributed by atoms with E-state index in [1.54, 1.807) is 11.8 Å². The zero-order valence-corrected chi connectivity index (χ0v) is 13.2. The second-order valence-electron chi connectivity index (χ2n) is 5.50. The van der Waals surface area contributed by atoms with E-state index in [0.29, 0.717) is 6.04 Å². The van der Waals surface area contributed by atoms with Crippen LogP contribution in [-0.4, -0.2) is 11.0 Å². The molecular formula is C18H20N2S. The first-order chi connectivity index (χ1) is 10.2. The van der Waals surface area contributed by atoms with Gasteiger partial charge in [-0.25, -0.2) is 0 Å². The van der Waals surface area contributed by atoms with E-state index in [0.717, 1.165) is 6.54 Å². The Bertz CT molecular complexity index is 680. The van der Waals surface area contributed by atoms with Gasteiger partial charge < -0.3 is 10.3 Å². The number of H-pyrrole nitrogens is 1. The lowest BCUT2D eigenvalue weighted by molar-refractivity contribution is 0.588. The minimum Gasteiger partial charge on any atom is -0.349 e. The molecule has 0 aliphatic heterocycles. The summed E-state index contributed by atoms with van der Waals surface area (Å²) in [6, 6.07) is 19.9. The molecular weight excluding hydrogens is 276 g/mol. The summed E-state index contributed by atoms with van der Waals surface area (Å²) in [6.45, 7) is 5.26.